The molecule has 1 aliphatic rings. The van der Waals surface area contributed by atoms with Gasteiger partial charge < -0.3 is 10.0 Å². The molecule has 0 fully saturated rings. The molecule has 0 aromatic heterocycles. The van der Waals surface area contributed by atoms with E-state index in [1.165, 1.54) is 4.90 Å². The third kappa shape index (κ3) is 1.47. The minimum Gasteiger partial charge on any atom is -0.477 e. The lowest BCUT2D eigenvalue weighted by Crippen LogP contribution is -2.21. The second kappa shape index (κ2) is 3.76. The number of anilines is 1. The maximum absolute atomic E-state index is 11.9. The van der Waals surface area contributed by atoms with Crippen molar-refractivity contribution in [1.29, 1.82) is 5.26 Å². The van der Waals surface area contributed by atoms with E-state index in [9.17, 15) is 9.59 Å². The van der Waals surface area contributed by atoms with E-state index < -0.39 is 17.4 Å². The first-order chi connectivity index (χ1) is 8.07. The third-order valence-electron chi connectivity index (χ3n) is 2.63. The van der Waals surface area contributed by atoms with E-state index in [0.29, 0.717) is 11.3 Å². The average Bonchev–Trinajstić information content (AvgIpc) is 2.56. The molecule has 0 atom stereocenters. The number of amides is 1. The van der Waals surface area contributed by atoms with E-state index in [2.05, 4.69) is 0 Å². The van der Waals surface area contributed by atoms with Crippen LogP contribution in [0.25, 0.3) is 5.57 Å². The molecule has 17 heavy (non-hydrogen) atoms. The van der Waals surface area contributed by atoms with Crippen LogP contribution in [0.3, 0.4) is 0 Å². The number of nitriles is 1. The van der Waals surface area contributed by atoms with Crippen molar-refractivity contribution < 1.29 is 14.7 Å². The number of hydrogen-bond donors (Lipinski definition) is 1. The van der Waals surface area contributed by atoms with Gasteiger partial charge in [0.1, 0.15) is 6.07 Å². The molecule has 5 heteroatoms. The second-order valence-electron chi connectivity index (χ2n) is 3.55. The molecule has 1 aromatic carbocycles. The summed E-state index contributed by atoms with van der Waals surface area (Å²) in [5, 5.41) is 17.7. The Balaban J connectivity index is 2.78. The molecule has 1 aromatic rings. The fourth-order valence-corrected chi connectivity index (χ4v) is 1.82. The van der Waals surface area contributed by atoms with E-state index in [-0.39, 0.29) is 5.57 Å². The van der Waals surface area contributed by atoms with Gasteiger partial charge in [-0.1, -0.05) is 18.2 Å². The topological polar surface area (TPSA) is 81.4 Å². The number of rotatable bonds is 1. The van der Waals surface area contributed by atoms with E-state index >= 15 is 0 Å². The molecule has 1 amide bonds. The Morgan fingerprint density at radius 2 is 2.06 bits per heavy atom. The number of carbonyl (C=O) groups excluding carboxylic acids is 1. The fraction of sp³-hybridized carbons (Fsp3) is 0.0833. The van der Waals surface area contributed by atoms with Gasteiger partial charge in [-0.2, -0.15) is 5.26 Å². The zero-order valence-corrected chi connectivity index (χ0v) is 8.97. The first-order valence-electron chi connectivity index (χ1n) is 4.83. The van der Waals surface area contributed by atoms with Crippen LogP contribution in [-0.2, 0) is 9.59 Å². The van der Waals surface area contributed by atoms with Crippen LogP contribution >= 0.6 is 0 Å². The number of benzene rings is 1. The molecular formula is C12H8N2O3. The summed E-state index contributed by atoms with van der Waals surface area (Å²) < 4.78 is 0. The van der Waals surface area contributed by atoms with Gasteiger partial charge >= 0.3 is 5.97 Å². The first kappa shape index (κ1) is 10.9. The number of carboxylic acid groups (broad SMARTS) is 1. The van der Waals surface area contributed by atoms with Crippen LogP contribution < -0.4 is 4.90 Å². The summed E-state index contributed by atoms with van der Waals surface area (Å²) in [4.78, 5) is 24.2. The van der Waals surface area contributed by atoms with Crippen LogP contribution in [0.15, 0.2) is 29.8 Å². The highest BCUT2D eigenvalue weighted by atomic mass is 16.4. The van der Waals surface area contributed by atoms with Crippen molar-refractivity contribution >= 4 is 23.1 Å². The first-order valence-corrected chi connectivity index (χ1v) is 4.83. The van der Waals surface area contributed by atoms with E-state index in [4.69, 9.17) is 10.4 Å². The second-order valence-corrected chi connectivity index (χ2v) is 3.55. The smallest absolute Gasteiger partial charge is 0.347 e. The zero-order chi connectivity index (χ0) is 12.6. The maximum Gasteiger partial charge on any atom is 0.347 e. The van der Waals surface area contributed by atoms with Crippen molar-refractivity contribution in [2.75, 3.05) is 11.9 Å². The van der Waals surface area contributed by atoms with Gasteiger partial charge in [0.25, 0.3) is 5.91 Å². The van der Waals surface area contributed by atoms with Crippen molar-refractivity contribution in [3.8, 4) is 6.07 Å². The Labute approximate surface area is 97.2 Å². The van der Waals surface area contributed by atoms with Gasteiger partial charge in [-0.15, -0.1) is 0 Å². The van der Waals surface area contributed by atoms with Crippen LogP contribution in [0.5, 0.6) is 0 Å². The van der Waals surface area contributed by atoms with Crippen LogP contribution in [0.4, 0.5) is 5.69 Å². The number of para-hydroxylation sites is 1. The minimum absolute atomic E-state index is 0.0434. The number of fused-ring (bicyclic) bond motifs is 1. The molecule has 0 radical (unpaired) electrons. The highest BCUT2D eigenvalue weighted by Crippen LogP contribution is 2.37. The van der Waals surface area contributed by atoms with Crippen molar-refractivity contribution in [2.45, 2.75) is 0 Å². The van der Waals surface area contributed by atoms with Crippen LogP contribution in [-0.4, -0.2) is 24.0 Å². The molecule has 84 valence electrons. The Morgan fingerprint density at radius 3 is 2.65 bits per heavy atom. The summed E-state index contributed by atoms with van der Waals surface area (Å²) in [5.41, 5.74) is 0.533. The van der Waals surface area contributed by atoms with E-state index in [1.807, 2.05) is 0 Å². The lowest BCUT2D eigenvalue weighted by molar-refractivity contribution is -0.132. The Bertz CT molecular complexity index is 596. The zero-order valence-electron chi connectivity index (χ0n) is 8.97. The highest BCUT2D eigenvalue weighted by molar-refractivity contribution is 6.36. The average molecular weight is 228 g/mol. The third-order valence-corrected chi connectivity index (χ3v) is 2.63. The summed E-state index contributed by atoms with van der Waals surface area (Å²) in [7, 11) is 1.55. The highest BCUT2D eigenvalue weighted by Gasteiger charge is 2.34. The summed E-state index contributed by atoms with van der Waals surface area (Å²) in [5.74, 6) is -1.86. The Kier molecular flexibility index (Phi) is 2.41. The molecule has 0 spiro atoms. The fourth-order valence-electron chi connectivity index (χ4n) is 1.82. The number of aliphatic carboxylic acids is 1. The largest absolute Gasteiger partial charge is 0.477 e. The molecule has 0 bridgehead atoms. The summed E-state index contributed by atoms with van der Waals surface area (Å²) in [6.45, 7) is 0. The van der Waals surface area contributed by atoms with Gasteiger partial charge in [0, 0.05) is 12.6 Å². The molecule has 2 rings (SSSR count). The predicted molar refractivity (Wildman–Crippen MR) is 60.0 cm³/mol. The van der Waals surface area contributed by atoms with Gasteiger partial charge in [-0.3, -0.25) is 4.79 Å². The normalized spacial score (nSPS) is 16.5. The van der Waals surface area contributed by atoms with Gasteiger partial charge in [-0.25, -0.2) is 4.79 Å². The SMILES string of the molecule is CN1C(=O)C(=C(C#N)C(=O)O)c2ccccc21. The number of nitrogens with zero attached hydrogens (tertiary/aromatic N) is 2. The van der Waals surface area contributed by atoms with Crippen molar-refractivity contribution in [3.05, 3.63) is 35.4 Å². The van der Waals surface area contributed by atoms with Gasteiger partial charge in [0.05, 0.1) is 11.3 Å². The summed E-state index contributed by atoms with van der Waals surface area (Å²) in [6.07, 6.45) is 0. The Hall–Kier alpha value is -2.61. The Morgan fingerprint density at radius 1 is 1.41 bits per heavy atom. The number of carboxylic acids is 1. The standard InChI is InChI=1S/C12H8N2O3/c1-14-9-5-3-2-4-7(9)10(11(14)15)8(6-13)12(16)17/h2-5H,1H3,(H,16,17). The van der Waals surface area contributed by atoms with Crippen molar-refractivity contribution in [3.63, 3.8) is 0 Å². The van der Waals surface area contributed by atoms with Crippen LogP contribution in [0.2, 0.25) is 0 Å². The quantitative estimate of drug-likeness (QED) is 0.574. The van der Waals surface area contributed by atoms with Crippen LogP contribution in [0, 0.1) is 11.3 Å². The molecule has 1 heterocycles. The van der Waals surface area contributed by atoms with E-state index in [0.717, 1.165) is 0 Å². The van der Waals surface area contributed by atoms with Crippen molar-refractivity contribution in [2.24, 2.45) is 0 Å². The van der Waals surface area contributed by atoms with E-state index in [1.54, 1.807) is 37.4 Å². The number of likely N-dealkylation sites (N-methyl/N-ethyl adjacent to an activating group) is 1. The molecule has 0 saturated heterocycles. The predicted octanol–water partition coefficient (Wildman–Crippen LogP) is 1.02. The summed E-state index contributed by atoms with van der Waals surface area (Å²) >= 11 is 0. The van der Waals surface area contributed by atoms with Gasteiger partial charge in [-0.05, 0) is 6.07 Å². The van der Waals surface area contributed by atoms with Gasteiger partial charge in [0.15, 0.2) is 5.57 Å². The lowest BCUT2D eigenvalue weighted by atomic mass is 10.0. The summed E-state index contributed by atoms with van der Waals surface area (Å²) in [6, 6.07) is 8.35. The molecule has 0 aliphatic carbocycles. The lowest BCUT2D eigenvalue weighted by Gasteiger charge is -2.07. The molecule has 5 nitrogen and oxygen atoms in total. The molecule has 1 N–H and O–H groups in total. The maximum atomic E-state index is 11.9. The van der Waals surface area contributed by atoms with Gasteiger partial charge in [0.2, 0.25) is 0 Å². The monoisotopic (exact) mass is 228 g/mol. The number of hydrogen-bond acceptors (Lipinski definition) is 3. The molecule has 1 aliphatic heterocycles. The van der Waals surface area contributed by atoms with Crippen molar-refractivity contribution in [1.82, 2.24) is 0 Å². The minimum atomic E-state index is -1.39. The molecule has 0 saturated carbocycles. The molecule has 0 unspecified atom stereocenters. The molecular weight excluding hydrogens is 220 g/mol. The van der Waals surface area contributed by atoms with Crippen LogP contribution in [0.1, 0.15) is 5.56 Å². The number of carbonyl (C=O) groups is 2.